The van der Waals surface area contributed by atoms with Crippen molar-refractivity contribution in [2.75, 3.05) is 0 Å². The minimum absolute atomic E-state index is 0.374. The zero-order valence-corrected chi connectivity index (χ0v) is 19.0. The fourth-order valence-corrected chi connectivity index (χ4v) is 6.65. The average Bonchev–Trinajstić information content (AvgIpc) is 2.59. The number of unbranched alkanes of at least 4 members (excludes halogenated alkanes) is 8. The van der Waals surface area contributed by atoms with E-state index in [1.807, 2.05) is 6.07 Å². The zero-order valence-electron chi connectivity index (χ0n) is 17.2. The smallest absolute Gasteiger partial charge is 0.204 e. The first kappa shape index (κ1) is 23.4. The molecule has 0 aliphatic rings. The Morgan fingerprint density at radius 3 is 1.85 bits per heavy atom. The molecular weight excluding hydrogens is 360 g/mol. The van der Waals surface area contributed by atoms with Crippen LogP contribution in [0.15, 0.2) is 35.2 Å². The lowest BCUT2D eigenvalue weighted by molar-refractivity contribution is 0.250. The highest BCUT2D eigenvalue weighted by Gasteiger charge is 2.32. The molecule has 0 aliphatic heterocycles. The van der Waals surface area contributed by atoms with Crippen LogP contribution in [0.1, 0.15) is 71.1 Å². The highest BCUT2D eigenvalue weighted by atomic mass is 32.2. The van der Waals surface area contributed by atoms with Crippen molar-refractivity contribution in [3.05, 3.63) is 30.3 Å². The van der Waals surface area contributed by atoms with Gasteiger partial charge in [0, 0.05) is 0 Å². The van der Waals surface area contributed by atoms with Crippen LogP contribution in [0.2, 0.25) is 19.6 Å². The van der Waals surface area contributed by atoms with Crippen LogP contribution < -0.4 is 0 Å². The summed E-state index contributed by atoms with van der Waals surface area (Å²) < 4.78 is 32.0. The maximum absolute atomic E-state index is 13.0. The van der Waals surface area contributed by atoms with Gasteiger partial charge in [-0.15, -0.1) is 0 Å². The van der Waals surface area contributed by atoms with E-state index in [9.17, 15) is 8.42 Å². The van der Waals surface area contributed by atoms with Gasteiger partial charge < -0.3 is 4.43 Å². The Kier molecular flexibility index (Phi) is 10.7. The minimum Gasteiger partial charge on any atom is -0.401 e. The van der Waals surface area contributed by atoms with Crippen molar-refractivity contribution < 1.29 is 12.8 Å². The van der Waals surface area contributed by atoms with E-state index in [0.717, 1.165) is 12.8 Å². The van der Waals surface area contributed by atoms with E-state index < -0.39 is 23.6 Å². The molecular formula is C21H38O3SSi. The molecule has 0 bridgehead atoms. The lowest BCUT2D eigenvalue weighted by Gasteiger charge is -2.26. The Bertz CT molecular complexity index is 579. The second-order valence-corrected chi connectivity index (χ2v) is 14.7. The predicted octanol–water partition coefficient (Wildman–Crippen LogP) is 6.56. The Morgan fingerprint density at radius 2 is 1.35 bits per heavy atom. The molecule has 26 heavy (non-hydrogen) atoms. The fraction of sp³-hybridized carbons (Fsp3) is 0.714. The molecule has 0 aliphatic carbocycles. The molecule has 0 amide bonds. The first-order valence-electron chi connectivity index (χ1n) is 10.2. The molecule has 0 saturated carbocycles. The van der Waals surface area contributed by atoms with Crippen molar-refractivity contribution in [1.82, 2.24) is 0 Å². The summed E-state index contributed by atoms with van der Waals surface area (Å²) in [6.45, 7) is 8.40. The van der Waals surface area contributed by atoms with E-state index in [2.05, 4.69) is 26.6 Å². The Morgan fingerprint density at radius 1 is 0.846 bits per heavy atom. The molecule has 1 aromatic carbocycles. The van der Waals surface area contributed by atoms with Gasteiger partial charge in [0.2, 0.25) is 9.84 Å². The third kappa shape index (κ3) is 9.33. The molecule has 0 fully saturated rings. The van der Waals surface area contributed by atoms with Gasteiger partial charge in [-0.2, -0.15) is 0 Å². The third-order valence-electron chi connectivity index (χ3n) is 4.45. The first-order valence-corrected chi connectivity index (χ1v) is 15.2. The minimum atomic E-state index is -3.43. The number of benzene rings is 1. The van der Waals surface area contributed by atoms with Crippen molar-refractivity contribution >= 4 is 18.2 Å². The van der Waals surface area contributed by atoms with E-state index in [0.29, 0.717) is 11.3 Å². The van der Waals surface area contributed by atoms with Gasteiger partial charge in [0.25, 0.3) is 0 Å². The second-order valence-electron chi connectivity index (χ2n) is 8.13. The molecule has 0 spiro atoms. The molecule has 1 rings (SSSR count). The van der Waals surface area contributed by atoms with Crippen LogP contribution in [0.5, 0.6) is 0 Å². The summed E-state index contributed by atoms with van der Waals surface area (Å²) in [7, 11) is -5.37. The molecule has 1 aromatic rings. The number of rotatable bonds is 14. The van der Waals surface area contributed by atoms with Crippen molar-refractivity contribution in [1.29, 1.82) is 0 Å². The summed E-state index contributed by atoms with van der Waals surface area (Å²) in [4.78, 5) is 0.374. The van der Waals surface area contributed by atoms with Crippen molar-refractivity contribution in [2.45, 2.75) is 101 Å². The summed E-state index contributed by atoms with van der Waals surface area (Å²) in [5.74, 6) is 0. The monoisotopic (exact) mass is 398 g/mol. The molecule has 0 radical (unpaired) electrons. The van der Waals surface area contributed by atoms with Crippen LogP contribution in [0.3, 0.4) is 0 Å². The van der Waals surface area contributed by atoms with Crippen molar-refractivity contribution in [2.24, 2.45) is 0 Å². The Balaban J connectivity index is 2.50. The summed E-state index contributed by atoms with van der Waals surface area (Å²) in [5.41, 5.74) is -0.707. The normalized spacial score (nSPS) is 13.7. The zero-order chi connectivity index (χ0) is 19.5. The quantitative estimate of drug-likeness (QED) is 0.263. The van der Waals surface area contributed by atoms with Gasteiger partial charge in [-0.3, -0.25) is 0 Å². The lowest BCUT2D eigenvalue weighted by Crippen LogP contribution is -2.36. The van der Waals surface area contributed by atoms with Crippen LogP contribution in [0, 0.1) is 0 Å². The molecule has 1 unspecified atom stereocenters. The van der Waals surface area contributed by atoms with Crippen molar-refractivity contribution in [3.63, 3.8) is 0 Å². The van der Waals surface area contributed by atoms with E-state index in [4.69, 9.17) is 4.43 Å². The SMILES string of the molecule is CCCCCCCCCCCC(O[Si](C)(C)C)S(=O)(=O)c1ccccc1. The van der Waals surface area contributed by atoms with Gasteiger partial charge in [-0.1, -0.05) is 76.5 Å². The van der Waals surface area contributed by atoms with Crippen LogP contribution in [0.4, 0.5) is 0 Å². The lowest BCUT2D eigenvalue weighted by atomic mass is 10.1. The van der Waals surface area contributed by atoms with Gasteiger partial charge in [-0.05, 0) is 44.6 Å². The van der Waals surface area contributed by atoms with Gasteiger partial charge in [0.1, 0.15) is 0 Å². The Hall–Kier alpha value is -0.653. The van der Waals surface area contributed by atoms with Crippen LogP contribution >= 0.6 is 0 Å². The molecule has 0 heterocycles. The summed E-state index contributed by atoms with van der Waals surface area (Å²) in [6, 6.07) is 8.74. The maximum Gasteiger partial charge on any atom is 0.204 e. The van der Waals surface area contributed by atoms with E-state index in [1.165, 1.54) is 44.9 Å². The van der Waals surface area contributed by atoms with Gasteiger partial charge in [0.05, 0.1) is 4.90 Å². The molecule has 0 aromatic heterocycles. The summed E-state index contributed by atoms with van der Waals surface area (Å²) in [5, 5.41) is 0. The molecule has 3 nitrogen and oxygen atoms in total. The summed E-state index contributed by atoms with van der Waals surface area (Å²) in [6.07, 6.45) is 11.6. The largest absolute Gasteiger partial charge is 0.401 e. The van der Waals surface area contributed by atoms with E-state index in [-0.39, 0.29) is 0 Å². The van der Waals surface area contributed by atoms with Gasteiger partial charge in [-0.25, -0.2) is 8.42 Å². The van der Waals surface area contributed by atoms with Crippen LogP contribution in [-0.4, -0.2) is 22.2 Å². The number of sulfone groups is 1. The standard InChI is InChI=1S/C21H38O3SSi/c1-5-6-7-8-9-10-11-12-16-19-21(24-26(2,3)4)25(22,23)20-17-14-13-15-18-20/h13-15,17-18,21H,5-12,16,19H2,1-4H3. The second kappa shape index (κ2) is 11.9. The number of hydrogen-bond donors (Lipinski definition) is 0. The topological polar surface area (TPSA) is 43.4 Å². The van der Waals surface area contributed by atoms with Gasteiger partial charge >= 0.3 is 0 Å². The first-order chi connectivity index (χ1) is 12.3. The fourth-order valence-electron chi connectivity index (χ4n) is 3.06. The molecule has 5 heteroatoms. The molecule has 1 atom stereocenters. The van der Waals surface area contributed by atoms with E-state index in [1.54, 1.807) is 24.3 Å². The highest BCUT2D eigenvalue weighted by Crippen LogP contribution is 2.25. The Labute approximate surface area is 162 Å². The van der Waals surface area contributed by atoms with Gasteiger partial charge in [0.15, 0.2) is 13.8 Å². The predicted molar refractivity (Wildman–Crippen MR) is 114 cm³/mol. The third-order valence-corrected chi connectivity index (χ3v) is 7.56. The average molecular weight is 399 g/mol. The number of hydrogen-bond acceptors (Lipinski definition) is 3. The molecule has 0 N–H and O–H groups in total. The van der Waals surface area contributed by atoms with Crippen LogP contribution in [0.25, 0.3) is 0 Å². The highest BCUT2D eigenvalue weighted by molar-refractivity contribution is 7.92. The van der Waals surface area contributed by atoms with E-state index >= 15 is 0 Å². The van der Waals surface area contributed by atoms with Crippen LogP contribution in [-0.2, 0) is 14.3 Å². The van der Waals surface area contributed by atoms with Crippen molar-refractivity contribution in [3.8, 4) is 0 Å². The molecule has 150 valence electrons. The summed E-state index contributed by atoms with van der Waals surface area (Å²) >= 11 is 0. The maximum atomic E-state index is 13.0. The molecule has 0 saturated heterocycles.